The molecule has 0 unspecified atom stereocenters. The summed E-state index contributed by atoms with van der Waals surface area (Å²) in [6.45, 7) is 0.416. The van der Waals surface area contributed by atoms with Crippen molar-refractivity contribution in [3.05, 3.63) is 45.6 Å². The molecule has 9 nitrogen and oxygen atoms in total. The van der Waals surface area contributed by atoms with Crippen LogP contribution in [-0.4, -0.2) is 28.0 Å². The number of ether oxygens (including phenoxy) is 1. The molecule has 0 amide bonds. The second-order valence-electron chi connectivity index (χ2n) is 7.14. The Balaban J connectivity index is 1.80. The molecule has 0 spiro atoms. The topological polar surface area (TPSA) is 142 Å². The van der Waals surface area contributed by atoms with Gasteiger partial charge in [0.2, 0.25) is 11.8 Å². The van der Waals surface area contributed by atoms with Crippen LogP contribution >= 0.6 is 0 Å². The van der Waals surface area contributed by atoms with E-state index in [4.69, 9.17) is 16.2 Å². The van der Waals surface area contributed by atoms with Gasteiger partial charge in [0, 0.05) is 18.2 Å². The fourth-order valence-corrected chi connectivity index (χ4v) is 3.63. The number of para-hydroxylation sites is 1. The van der Waals surface area contributed by atoms with Gasteiger partial charge in [-0.2, -0.15) is 4.98 Å². The molecule has 150 valence electrons. The Kier molecular flexibility index (Phi) is 6.25. The molecule has 0 radical (unpaired) electrons. The standard InChI is InChI=1S/C19H26N6O3/c1-28-16-5-3-2-4-13(16)11-22-19-23-15(17(25(26)27)18(21)24-19)10-12-6-8-14(20)9-7-12/h2-5,12,14H,6-11,20H2,1H3,(H3,21,22,23,24). The number of benzene rings is 1. The molecule has 3 rings (SSSR count). The maximum Gasteiger partial charge on any atom is 0.332 e. The number of hydrogen-bond acceptors (Lipinski definition) is 8. The van der Waals surface area contributed by atoms with Crippen LogP contribution in [0.3, 0.4) is 0 Å². The van der Waals surface area contributed by atoms with Crippen LogP contribution in [0.5, 0.6) is 5.75 Å². The summed E-state index contributed by atoms with van der Waals surface area (Å²) in [4.78, 5) is 19.5. The Morgan fingerprint density at radius 2 is 1.96 bits per heavy atom. The summed E-state index contributed by atoms with van der Waals surface area (Å²) in [5, 5.41) is 14.6. The van der Waals surface area contributed by atoms with E-state index in [0.29, 0.717) is 24.6 Å². The largest absolute Gasteiger partial charge is 0.496 e. The van der Waals surface area contributed by atoms with Crippen LogP contribution in [0.15, 0.2) is 24.3 Å². The van der Waals surface area contributed by atoms with Crippen molar-refractivity contribution in [2.24, 2.45) is 11.7 Å². The fourth-order valence-electron chi connectivity index (χ4n) is 3.63. The third kappa shape index (κ3) is 4.66. The van der Waals surface area contributed by atoms with Gasteiger partial charge in [0.25, 0.3) is 0 Å². The van der Waals surface area contributed by atoms with E-state index in [-0.39, 0.29) is 23.5 Å². The van der Waals surface area contributed by atoms with Crippen molar-refractivity contribution in [1.82, 2.24) is 9.97 Å². The lowest BCUT2D eigenvalue weighted by molar-refractivity contribution is -0.385. The molecule has 1 heterocycles. The van der Waals surface area contributed by atoms with Gasteiger partial charge in [-0.1, -0.05) is 18.2 Å². The van der Waals surface area contributed by atoms with Gasteiger partial charge in [0.15, 0.2) is 0 Å². The number of aromatic nitrogens is 2. The number of nitro groups is 1. The minimum Gasteiger partial charge on any atom is -0.496 e. The first-order chi connectivity index (χ1) is 13.5. The van der Waals surface area contributed by atoms with Gasteiger partial charge in [-0.05, 0) is 44.1 Å². The van der Waals surface area contributed by atoms with Crippen LogP contribution in [0.4, 0.5) is 17.5 Å². The molecule has 1 aliphatic rings. The van der Waals surface area contributed by atoms with Crippen LogP contribution in [-0.2, 0) is 13.0 Å². The van der Waals surface area contributed by atoms with Crippen molar-refractivity contribution in [2.75, 3.05) is 18.2 Å². The second-order valence-corrected chi connectivity index (χ2v) is 7.14. The molecule has 9 heteroatoms. The van der Waals surface area contributed by atoms with E-state index >= 15 is 0 Å². The van der Waals surface area contributed by atoms with Crippen LogP contribution < -0.4 is 21.5 Å². The minimum atomic E-state index is -0.497. The first-order valence-electron chi connectivity index (χ1n) is 9.40. The second kappa shape index (κ2) is 8.83. The smallest absolute Gasteiger partial charge is 0.332 e. The van der Waals surface area contributed by atoms with E-state index in [1.54, 1.807) is 7.11 Å². The summed E-state index contributed by atoms with van der Waals surface area (Å²) in [6, 6.07) is 7.80. The molecular formula is C19H26N6O3. The molecule has 28 heavy (non-hydrogen) atoms. The van der Waals surface area contributed by atoms with Crippen LogP contribution in [0, 0.1) is 16.0 Å². The van der Waals surface area contributed by atoms with Crippen molar-refractivity contribution in [3.63, 3.8) is 0 Å². The van der Waals surface area contributed by atoms with E-state index in [0.717, 1.165) is 37.0 Å². The van der Waals surface area contributed by atoms with Crippen molar-refractivity contribution < 1.29 is 9.66 Å². The van der Waals surface area contributed by atoms with Crippen molar-refractivity contribution in [3.8, 4) is 5.75 Å². The zero-order chi connectivity index (χ0) is 20.1. The highest BCUT2D eigenvalue weighted by Gasteiger charge is 2.27. The number of hydrogen-bond donors (Lipinski definition) is 3. The van der Waals surface area contributed by atoms with Gasteiger partial charge < -0.3 is 21.5 Å². The number of nitrogens with one attached hydrogen (secondary N) is 1. The molecule has 0 bridgehead atoms. The lowest BCUT2D eigenvalue weighted by Gasteiger charge is -2.25. The first kappa shape index (κ1) is 19.8. The Morgan fingerprint density at radius 1 is 1.25 bits per heavy atom. The van der Waals surface area contributed by atoms with Gasteiger partial charge in [0.1, 0.15) is 11.4 Å². The molecule has 0 saturated heterocycles. The highest BCUT2D eigenvalue weighted by Crippen LogP contribution is 2.32. The third-order valence-corrected chi connectivity index (χ3v) is 5.17. The van der Waals surface area contributed by atoms with Gasteiger partial charge in [0.05, 0.1) is 12.0 Å². The maximum atomic E-state index is 11.5. The quantitative estimate of drug-likeness (QED) is 0.487. The summed E-state index contributed by atoms with van der Waals surface area (Å²) in [7, 11) is 1.60. The number of anilines is 2. The number of methoxy groups -OCH3 is 1. The molecule has 1 aliphatic carbocycles. The Morgan fingerprint density at radius 3 is 2.64 bits per heavy atom. The predicted molar refractivity (Wildman–Crippen MR) is 107 cm³/mol. The highest BCUT2D eigenvalue weighted by atomic mass is 16.6. The van der Waals surface area contributed by atoms with Gasteiger partial charge in [-0.3, -0.25) is 10.1 Å². The maximum absolute atomic E-state index is 11.5. The number of rotatable bonds is 7. The van der Waals surface area contributed by atoms with E-state index in [1.807, 2.05) is 24.3 Å². The average molecular weight is 386 g/mol. The molecule has 0 aliphatic heterocycles. The molecule has 2 aromatic rings. The SMILES string of the molecule is COc1ccccc1CNc1nc(N)c([N+](=O)[O-])c(CC2CCC(N)CC2)n1. The molecule has 1 fully saturated rings. The van der Waals surface area contributed by atoms with Gasteiger partial charge >= 0.3 is 5.69 Å². The van der Waals surface area contributed by atoms with E-state index in [1.165, 1.54) is 0 Å². The Bertz CT molecular complexity index is 836. The molecule has 1 aromatic heterocycles. The van der Waals surface area contributed by atoms with Crippen LogP contribution in [0.25, 0.3) is 0 Å². The first-order valence-corrected chi connectivity index (χ1v) is 9.40. The molecular weight excluding hydrogens is 360 g/mol. The summed E-state index contributed by atoms with van der Waals surface area (Å²) in [5.41, 5.74) is 13.0. The third-order valence-electron chi connectivity index (χ3n) is 5.17. The summed E-state index contributed by atoms with van der Waals surface area (Å²) in [5.74, 6) is 1.21. The summed E-state index contributed by atoms with van der Waals surface area (Å²) < 4.78 is 5.34. The fraction of sp³-hybridized carbons (Fsp3) is 0.474. The highest BCUT2D eigenvalue weighted by molar-refractivity contribution is 5.58. The lowest BCUT2D eigenvalue weighted by atomic mass is 9.83. The monoisotopic (exact) mass is 386 g/mol. The lowest BCUT2D eigenvalue weighted by Crippen LogP contribution is -2.27. The summed E-state index contributed by atoms with van der Waals surface area (Å²) >= 11 is 0. The van der Waals surface area contributed by atoms with Gasteiger partial charge in [-0.25, -0.2) is 4.98 Å². The average Bonchev–Trinajstić information content (AvgIpc) is 2.67. The number of nitrogen functional groups attached to an aromatic ring is 1. The van der Waals surface area contributed by atoms with E-state index < -0.39 is 4.92 Å². The number of nitrogens with two attached hydrogens (primary N) is 2. The predicted octanol–water partition coefficient (Wildman–Crippen LogP) is 2.65. The van der Waals surface area contributed by atoms with Gasteiger partial charge in [-0.15, -0.1) is 0 Å². The molecule has 5 N–H and O–H groups in total. The van der Waals surface area contributed by atoms with Crippen LogP contribution in [0.1, 0.15) is 36.9 Å². The zero-order valence-electron chi connectivity index (χ0n) is 15.9. The zero-order valence-corrected chi connectivity index (χ0v) is 15.9. The molecule has 1 aromatic carbocycles. The normalized spacial score (nSPS) is 19.2. The Hall–Kier alpha value is -2.94. The van der Waals surface area contributed by atoms with E-state index in [9.17, 15) is 10.1 Å². The van der Waals surface area contributed by atoms with Crippen LogP contribution in [0.2, 0.25) is 0 Å². The molecule has 0 atom stereocenters. The minimum absolute atomic E-state index is 0.120. The molecule has 1 saturated carbocycles. The Labute approximate surface area is 163 Å². The number of nitrogens with zero attached hydrogens (tertiary/aromatic N) is 3. The summed E-state index contributed by atoms with van der Waals surface area (Å²) in [6.07, 6.45) is 4.23. The van der Waals surface area contributed by atoms with Crippen molar-refractivity contribution >= 4 is 17.5 Å². The van der Waals surface area contributed by atoms with Crippen molar-refractivity contribution in [2.45, 2.75) is 44.7 Å². The van der Waals surface area contributed by atoms with Crippen molar-refractivity contribution in [1.29, 1.82) is 0 Å². The van der Waals surface area contributed by atoms with E-state index in [2.05, 4.69) is 15.3 Å².